The number of hydrazone groups is 1. The Balaban J connectivity index is 1.59. The maximum absolute atomic E-state index is 12.1. The van der Waals surface area contributed by atoms with E-state index in [0.717, 1.165) is 11.4 Å². The first-order valence-electron chi connectivity index (χ1n) is 9.33. The predicted molar refractivity (Wildman–Crippen MR) is 117 cm³/mol. The number of rotatable bonds is 8. The van der Waals surface area contributed by atoms with Gasteiger partial charge in [0.25, 0.3) is 5.91 Å². The van der Waals surface area contributed by atoms with Gasteiger partial charge in [-0.15, -0.1) is 10.2 Å². The Labute approximate surface area is 179 Å². The van der Waals surface area contributed by atoms with Crippen molar-refractivity contribution in [1.29, 1.82) is 0 Å². The molecule has 2 aromatic carbocycles. The number of methoxy groups -OCH3 is 1. The monoisotopic (exact) mass is 425 g/mol. The number of ether oxygens (including phenoxy) is 1. The molecular formula is C21H23N5O3S. The smallest absolute Gasteiger partial charge is 0.250 e. The van der Waals surface area contributed by atoms with Crippen LogP contribution in [0.3, 0.4) is 0 Å². The summed E-state index contributed by atoms with van der Waals surface area (Å²) >= 11 is 1.30. The molecular weight excluding hydrogens is 402 g/mol. The molecule has 1 amide bonds. The van der Waals surface area contributed by atoms with Crippen molar-refractivity contribution < 1.29 is 14.6 Å². The third-order valence-electron chi connectivity index (χ3n) is 4.28. The van der Waals surface area contributed by atoms with Crippen LogP contribution >= 0.6 is 11.8 Å². The third kappa shape index (κ3) is 5.18. The lowest BCUT2D eigenvalue weighted by atomic mass is 10.1. The van der Waals surface area contributed by atoms with Crippen LogP contribution in [0.2, 0.25) is 0 Å². The molecule has 8 nitrogen and oxygen atoms in total. The van der Waals surface area contributed by atoms with Crippen LogP contribution in [-0.2, 0) is 11.3 Å². The minimum atomic E-state index is -0.260. The largest absolute Gasteiger partial charge is 0.504 e. The average Bonchev–Trinajstić information content (AvgIpc) is 3.17. The van der Waals surface area contributed by atoms with Crippen molar-refractivity contribution in [2.45, 2.75) is 25.5 Å². The quantitative estimate of drug-likeness (QED) is 0.326. The molecule has 0 atom stereocenters. The number of aromatic hydroxyl groups is 1. The van der Waals surface area contributed by atoms with Crippen molar-refractivity contribution in [3.05, 3.63) is 53.6 Å². The summed E-state index contributed by atoms with van der Waals surface area (Å²) in [4.78, 5) is 12.1. The van der Waals surface area contributed by atoms with Gasteiger partial charge in [0, 0.05) is 12.1 Å². The number of carbonyl (C=O) groups is 1. The molecule has 0 fully saturated rings. The summed E-state index contributed by atoms with van der Waals surface area (Å²) < 4.78 is 7.03. The fourth-order valence-electron chi connectivity index (χ4n) is 2.71. The second-order valence-electron chi connectivity index (χ2n) is 6.43. The van der Waals surface area contributed by atoms with E-state index < -0.39 is 0 Å². The van der Waals surface area contributed by atoms with Crippen LogP contribution in [0.5, 0.6) is 11.5 Å². The van der Waals surface area contributed by atoms with Crippen LogP contribution in [0, 0.1) is 6.92 Å². The van der Waals surface area contributed by atoms with Crippen molar-refractivity contribution in [1.82, 2.24) is 20.2 Å². The van der Waals surface area contributed by atoms with Gasteiger partial charge in [-0.25, -0.2) is 5.43 Å². The highest BCUT2D eigenvalue weighted by atomic mass is 32.2. The van der Waals surface area contributed by atoms with Gasteiger partial charge in [-0.2, -0.15) is 5.10 Å². The molecule has 156 valence electrons. The highest BCUT2D eigenvalue weighted by Gasteiger charge is 2.14. The standard InChI is InChI=1S/C21H23N5O3S/c1-4-26-20(16-8-5-14(2)6-9-16)24-25-21(26)30-13-19(28)23-22-12-15-7-10-17(27)18(11-15)29-3/h5-12,27H,4,13H2,1-3H3,(H,23,28)/b22-12-. The van der Waals surface area contributed by atoms with Crippen molar-refractivity contribution in [3.8, 4) is 22.9 Å². The Morgan fingerprint density at radius 3 is 2.73 bits per heavy atom. The summed E-state index contributed by atoms with van der Waals surface area (Å²) in [6, 6.07) is 12.9. The van der Waals surface area contributed by atoms with E-state index in [1.54, 1.807) is 12.1 Å². The maximum Gasteiger partial charge on any atom is 0.250 e. The van der Waals surface area contributed by atoms with Gasteiger partial charge in [-0.3, -0.25) is 4.79 Å². The molecule has 30 heavy (non-hydrogen) atoms. The number of phenols is 1. The Hall–Kier alpha value is -3.33. The molecule has 0 radical (unpaired) electrons. The average molecular weight is 426 g/mol. The van der Waals surface area contributed by atoms with E-state index in [1.807, 2.05) is 42.7 Å². The van der Waals surface area contributed by atoms with Crippen LogP contribution in [-0.4, -0.2) is 44.9 Å². The van der Waals surface area contributed by atoms with E-state index in [4.69, 9.17) is 4.74 Å². The lowest BCUT2D eigenvalue weighted by molar-refractivity contribution is -0.118. The van der Waals surface area contributed by atoms with Crippen LogP contribution in [0.1, 0.15) is 18.1 Å². The Morgan fingerprint density at radius 1 is 1.27 bits per heavy atom. The van der Waals surface area contributed by atoms with E-state index in [1.165, 1.54) is 36.7 Å². The fraction of sp³-hybridized carbons (Fsp3) is 0.238. The fourth-order valence-corrected chi connectivity index (χ4v) is 3.51. The number of carbonyl (C=O) groups excluding carboxylic acids is 1. The SMILES string of the molecule is CCn1c(SCC(=O)N/N=C\c2ccc(O)c(OC)c2)nnc1-c1ccc(C)cc1. The highest BCUT2D eigenvalue weighted by Crippen LogP contribution is 2.26. The zero-order valence-corrected chi connectivity index (χ0v) is 17.8. The van der Waals surface area contributed by atoms with Gasteiger partial charge in [-0.05, 0) is 37.6 Å². The van der Waals surface area contributed by atoms with E-state index in [-0.39, 0.29) is 17.4 Å². The molecule has 1 aromatic heterocycles. The molecule has 0 unspecified atom stereocenters. The van der Waals surface area contributed by atoms with E-state index in [9.17, 15) is 9.90 Å². The van der Waals surface area contributed by atoms with Crippen LogP contribution < -0.4 is 10.2 Å². The minimum Gasteiger partial charge on any atom is -0.504 e. The number of benzene rings is 2. The number of aryl methyl sites for hydroxylation is 1. The number of hydrogen-bond acceptors (Lipinski definition) is 7. The molecule has 0 bridgehead atoms. The van der Waals surface area contributed by atoms with E-state index in [2.05, 4.69) is 20.7 Å². The molecule has 0 saturated heterocycles. The van der Waals surface area contributed by atoms with Crippen molar-refractivity contribution >= 4 is 23.9 Å². The predicted octanol–water partition coefficient (Wildman–Crippen LogP) is 3.23. The topological polar surface area (TPSA) is 102 Å². The molecule has 0 spiro atoms. The maximum atomic E-state index is 12.1. The molecule has 0 aliphatic rings. The van der Waals surface area contributed by atoms with Gasteiger partial charge in [0.15, 0.2) is 22.5 Å². The first-order valence-corrected chi connectivity index (χ1v) is 10.3. The number of nitrogens with zero attached hydrogens (tertiary/aromatic N) is 4. The normalized spacial score (nSPS) is 11.0. The van der Waals surface area contributed by atoms with Crippen LogP contribution in [0.15, 0.2) is 52.7 Å². The second-order valence-corrected chi connectivity index (χ2v) is 7.37. The summed E-state index contributed by atoms with van der Waals surface area (Å²) in [5.74, 6) is 1.05. The van der Waals surface area contributed by atoms with Crippen LogP contribution in [0.4, 0.5) is 0 Å². The first kappa shape index (κ1) is 21.4. The first-order chi connectivity index (χ1) is 14.5. The Morgan fingerprint density at radius 2 is 2.03 bits per heavy atom. The lowest BCUT2D eigenvalue weighted by Crippen LogP contribution is -2.20. The van der Waals surface area contributed by atoms with Gasteiger partial charge in [0.05, 0.1) is 19.1 Å². The van der Waals surface area contributed by atoms with Gasteiger partial charge >= 0.3 is 0 Å². The highest BCUT2D eigenvalue weighted by molar-refractivity contribution is 7.99. The van der Waals surface area contributed by atoms with Crippen molar-refractivity contribution in [2.24, 2.45) is 5.10 Å². The molecule has 2 N–H and O–H groups in total. The molecule has 0 saturated carbocycles. The van der Waals surface area contributed by atoms with Gasteiger partial charge in [-0.1, -0.05) is 41.6 Å². The van der Waals surface area contributed by atoms with Crippen molar-refractivity contribution in [3.63, 3.8) is 0 Å². The Bertz CT molecular complexity index is 1050. The van der Waals surface area contributed by atoms with Gasteiger partial charge in [0.1, 0.15) is 0 Å². The number of hydrogen-bond donors (Lipinski definition) is 2. The minimum absolute atomic E-state index is 0.0418. The number of phenolic OH excluding ortho intramolecular Hbond substituents is 1. The zero-order valence-electron chi connectivity index (χ0n) is 17.0. The van der Waals surface area contributed by atoms with Crippen molar-refractivity contribution in [2.75, 3.05) is 12.9 Å². The lowest BCUT2D eigenvalue weighted by Gasteiger charge is -2.07. The summed E-state index contributed by atoms with van der Waals surface area (Å²) in [5, 5.41) is 22.7. The van der Waals surface area contributed by atoms with E-state index >= 15 is 0 Å². The van der Waals surface area contributed by atoms with E-state index in [0.29, 0.717) is 23.0 Å². The Kier molecular flexibility index (Phi) is 7.08. The molecule has 1 heterocycles. The molecule has 3 rings (SSSR count). The second kappa shape index (κ2) is 9.93. The number of thioether (sulfide) groups is 1. The third-order valence-corrected chi connectivity index (χ3v) is 5.25. The molecule has 0 aliphatic carbocycles. The summed E-state index contributed by atoms with van der Waals surface area (Å²) in [7, 11) is 1.47. The van der Waals surface area contributed by atoms with Crippen LogP contribution in [0.25, 0.3) is 11.4 Å². The molecule has 9 heteroatoms. The number of nitrogens with one attached hydrogen (secondary N) is 1. The number of aromatic nitrogens is 3. The number of amides is 1. The molecule has 0 aliphatic heterocycles. The van der Waals surface area contributed by atoms with Gasteiger partial charge < -0.3 is 14.4 Å². The molecule has 3 aromatic rings. The zero-order chi connectivity index (χ0) is 21.5. The summed E-state index contributed by atoms with van der Waals surface area (Å²) in [5.41, 5.74) is 5.34. The van der Waals surface area contributed by atoms with Gasteiger partial charge in [0.2, 0.25) is 0 Å². The summed E-state index contributed by atoms with van der Waals surface area (Å²) in [6.45, 7) is 4.75. The summed E-state index contributed by atoms with van der Waals surface area (Å²) in [6.07, 6.45) is 1.48.